The van der Waals surface area contributed by atoms with Gasteiger partial charge >= 0.3 is 17.9 Å². The van der Waals surface area contributed by atoms with Crippen LogP contribution in [0.3, 0.4) is 0 Å². The number of imidazole rings is 1. The number of fused-ring (bicyclic) bond motifs is 1. The van der Waals surface area contributed by atoms with Gasteiger partial charge in [0.1, 0.15) is 42.3 Å². The maximum Gasteiger partial charge on any atom is 0.317 e. The summed E-state index contributed by atoms with van der Waals surface area (Å²) in [6, 6.07) is 9.52. The van der Waals surface area contributed by atoms with Gasteiger partial charge in [-0.15, -0.1) is 0 Å². The first-order valence-corrected chi connectivity index (χ1v) is 38.4. The summed E-state index contributed by atoms with van der Waals surface area (Å²) in [6.45, 7) is 9.31. The molecule has 38 heteroatoms. The summed E-state index contributed by atoms with van der Waals surface area (Å²) in [5, 5.41) is 55.7. The second-order valence-electron chi connectivity index (χ2n) is 28.4. The second kappa shape index (κ2) is 45.2. The Labute approximate surface area is 657 Å². The van der Waals surface area contributed by atoms with Crippen LogP contribution in [0.5, 0.6) is 0 Å². The summed E-state index contributed by atoms with van der Waals surface area (Å²) in [4.78, 5) is 215. The molecule has 7 atom stereocenters. The number of primary amides is 2. The Balaban J connectivity index is 1.07. The first kappa shape index (κ1) is 90.5. The van der Waals surface area contributed by atoms with E-state index >= 15 is 0 Å². The normalized spacial score (nSPS) is 15.2. The molecule has 0 saturated carbocycles. The Hall–Kier alpha value is -11.3. The molecule has 0 bridgehead atoms. The monoisotopic (exact) mass is 1590 g/mol. The number of nitrogens with two attached hydrogens (primary N) is 2. The van der Waals surface area contributed by atoms with Crippen LogP contribution in [0.15, 0.2) is 85.5 Å². The quantitative estimate of drug-likeness (QED) is 0.0206. The van der Waals surface area contributed by atoms with Crippen LogP contribution in [0.25, 0.3) is 22.0 Å². The van der Waals surface area contributed by atoms with E-state index in [2.05, 4.69) is 68.1 Å². The molecule has 1 aliphatic rings. The minimum absolute atomic E-state index is 0.0954. The van der Waals surface area contributed by atoms with E-state index in [1.165, 1.54) is 43.3 Å². The molecular weight excluding hydrogens is 1490 g/mol. The number of aromatic nitrogens is 3. The molecule has 1 aliphatic heterocycles. The van der Waals surface area contributed by atoms with Crippen LogP contribution in [-0.2, 0) is 80.0 Å². The molecule has 614 valence electrons. The van der Waals surface area contributed by atoms with Crippen molar-refractivity contribution in [2.24, 2.45) is 23.3 Å². The first-order chi connectivity index (χ1) is 53.6. The van der Waals surface area contributed by atoms with E-state index in [1.54, 1.807) is 101 Å². The lowest BCUT2D eigenvalue weighted by Gasteiger charge is -2.32. The molecule has 37 nitrogen and oxygen atoms in total. The molecule has 0 radical (unpaired) electrons. The Morgan fingerprint density at radius 3 is 1.65 bits per heavy atom. The van der Waals surface area contributed by atoms with Gasteiger partial charge in [-0.25, -0.2) is 4.98 Å². The zero-order chi connectivity index (χ0) is 83.0. The number of thioether (sulfide) groups is 1. The predicted octanol–water partition coefficient (Wildman–Crippen LogP) is -1.77. The molecular formula is C75H105N19O18S. The number of para-hydroxylation sites is 1. The molecule has 3 heterocycles. The molecule has 113 heavy (non-hydrogen) atoms. The molecule has 0 aliphatic carbocycles. The van der Waals surface area contributed by atoms with Crippen molar-refractivity contribution in [3.63, 3.8) is 0 Å². The van der Waals surface area contributed by atoms with Crippen molar-refractivity contribution in [1.82, 2.24) is 82.4 Å². The third-order valence-electron chi connectivity index (χ3n) is 18.5. The zero-order valence-electron chi connectivity index (χ0n) is 64.4. The highest BCUT2D eigenvalue weighted by molar-refractivity contribution is 7.98. The van der Waals surface area contributed by atoms with Crippen molar-refractivity contribution in [2.75, 3.05) is 109 Å². The molecule has 0 unspecified atom stereocenters. The number of carbonyl (C=O) groups is 15. The van der Waals surface area contributed by atoms with E-state index in [1.807, 2.05) is 20.1 Å². The fraction of sp³-hybridized carbons (Fsp3) is 0.493. The number of nitrogens with zero attached hydrogens (tertiary/aromatic N) is 5. The van der Waals surface area contributed by atoms with Crippen LogP contribution in [0.4, 0.5) is 5.69 Å². The number of nitrogens with one attached hydrogen (secondary N) is 12. The minimum Gasteiger partial charge on any atom is -0.480 e. The number of aliphatic carboxylic acids is 3. The molecule has 6 rings (SSSR count). The standard InChI is InChI=1S/C75H105N19O18S/c1-43(2)30-57(73(110)86-55(68(77)105)20-29-113-7)88-74(111)59(33-51-35-78-42-82-51)85-62(97)37-81-75(112)67(44(3)4)90-69(106)46(6)83-72(109)58(32-49-34-79-54-11-9-8-10-53(49)54)89-71(108)56(18-19-60(76)95)87-70(107)48-14-12-47(13-15-48)52-17-16-50(31-45(52)5)84-61(96)36-80-63(98)38-91-21-23-92(39-64(99)100)25-27-94(41-66(103)104)28-26-93(24-22-91)40-65(101)102/h8-17,31,34-35,42-44,46,55-59,67,79H,18-30,32-33,36-41H2,1-7H3,(H2,76,95)(H2,77,105)(H,78,82)(H,80,98)(H,81,112)(H,83,109)(H,84,96)(H,85,97)(H,86,110)(H,87,107)(H,88,111)(H,89,108)(H,90,106)(H,99,100)(H,101,102)(H,103,104)/t46-,55-,56-,57-,58-,59-,67-/m0/s1. The van der Waals surface area contributed by atoms with Gasteiger partial charge in [0.25, 0.3) is 5.91 Å². The Morgan fingerprint density at radius 1 is 0.549 bits per heavy atom. The van der Waals surface area contributed by atoms with Gasteiger partial charge in [-0.2, -0.15) is 11.8 Å². The zero-order valence-corrected chi connectivity index (χ0v) is 65.2. The predicted molar refractivity (Wildman–Crippen MR) is 418 cm³/mol. The molecule has 1 fully saturated rings. The van der Waals surface area contributed by atoms with Crippen LogP contribution < -0.4 is 64.6 Å². The summed E-state index contributed by atoms with van der Waals surface area (Å²) in [7, 11) is 0. The smallest absolute Gasteiger partial charge is 0.317 e. The van der Waals surface area contributed by atoms with Crippen molar-refractivity contribution >= 4 is 117 Å². The Kier molecular flexibility index (Phi) is 36.2. The van der Waals surface area contributed by atoms with E-state index in [9.17, 15) is 87.2 Å². The number of benzene rings is 3. The van der Waals surface area contributed by atoms with Gasteiger partial charge in [0.05, 0.1) is 45.6 Å². The number of amides is 12. The molecule has 12 amide bonds. The van der Waals surface area contributed by atoms with E-state index < -0.39 is 150 Å². The lowest BCUT2D eigenvalue weighted by Crippen LogP contribution is -2.59. The SMILES string of the molecule is CSCC[C@H](NC(=O)[C@H](CC(C)C)NC(=O)[C@H](Cc1cnc[nH]1)NC(=O)CNC(=O)[C@@H](NC(=O)[C@H](C)NC(=O)[C@H](Cc1c[nH]c2ccccc12)NC(=O)[C@H](CCC(N)=O)NC(=O)c1ccc(-c2ccc(NC(=O)CNC(=O)CN3CCN(CC(=O)O)CCN(CC(=O)O)CCN(CC(=O)O)CC3)cc2C)cc1)C(C)C)C(N)=O. The highest BCUT2D eigenvalue weighted by Gasteiger charge is 2.35. The number of carbonyl (C=O) groups excluding carboxylic acids is 12. The molecule has 3 aromatic carbocycles. The van der Waals surface area contributed by atoms with Gasteiger partial charge in [-0.1, -0.05) is 64.1 Å². The second-order valence-corrected chi connectivity index (χ2v) is 29.4. The van der Waals surface area contributed by atoms with Gasteiger partial charge in [-0.05, 0) is 110 Å². The number of anilines is 1. The van der Waals surface area contributed by atoms with Crippen LogP contribution in [-0.4, -0.2) is 285 Å². The summed E-state index contributed by atoms with van der Waals surface area (Å²) in [6.07, 6.45) is 5.75. The van der Waals surface area contributed by atoms with Crippen LogP contribution in [0.2, 0.25) is 0 Å². The van der Waals surface area contributed by atoms with Crippen LogP contribution >= 0.6 is 11.8 Å². The van der Waals surface area contributed by atoms with Crippen LogP contribution in [0, 0.1) is 18.8 Å². The third kappa shape index (κ3) is 31.0. The van der Waals surface area contributed by atoms with Crippen LogP contribution in [0.1, 0.15) is 87.5 Å². The molecule has 2 aromatic heterocycles. The van der Waals surface area contributed by atoms with E-state index in [-0.39, 0.29) is 129 Å². The molecule has 1 saturated heterocycles. The average molecular weight is 1590 g/mol. The van der Waals surface area contributed by atoms with Crippen molar-refractivity contribution < 1.29 is 87.2 Å². The largest absolute Gasteiger partial charge is 0.480 e. The highest BCUT2D eigenvalue weighted by Crippen LogP contribution is 2.27. The fourth-order valence-electron chi connectivity index (χ4n) is 12.4. The topological polar surface area (TPSA) is 547 Å². The van der Waals surface area contributed by atoms with Gasteiger partial charge in [0, 0.05) is 112 Å². The Morgan fingerprint density at radius 2 is 1.10 bits per heavy atom. The summed E-state index contributed by atoms with van der Waals surface area (Å²) in [5.74, 6) is -12.5. The summed E-state index contributed by atoms with van der Waals surface area (Å²) < 4.78 is 0. The molecule has 0 spiro atoms. The van der Waals surface area contributed by atoms with Crippen molar-refractivity contribution in [3.05, 3.63) is 108 Å². The number of rotatable bonds is 42. The van der Waals surface area contributed by atoms with E-state index in [4.69, 9.17) is 11.5 Å². The number of aromatic amines is 2. The lowest BCUT2D eigenvalue weighted by atomic mass is 9.98. The minimum atomic E-state index is -1.45. The lowest BCUT2D eigenvalue weighted by molar-refractivity contribution is -0.140. The fourth-order valence-corrected chi connectivity index (χ4v) is 12.9. The van der Waals surface area contributed by atoms with Gasteiger partial charge in [0.2, 0.25) is 65.0 Å². The van der Waals surface area contributed by atoms with E-state index in [0.29, 0.717) is 50.3 Å². The van der Waals surface area contributed by atoms with Crippen molar-refractivity contribution in [2.45, 2.75) is 122 Å². The molecule has 19 N–H and O–H groups in total. The first-order valence-electron chi connectivity index (χ1n) is 37.0. The number of carboxylic acid groups (broad SMARTS) is 3. The third-order valence-corrected chi connectivity index (χ3v) is 19.1. The van der Waals surface area contributed by atoms with Gasteiger partial charge < -0.3 is 89.9 Å². The highest BCUT2D eigenvalue weighted by atomic mass is 32.2. The maximum atomic E-state index is 14.5. The maximum absolute atomic E-state index is 14.5. The van der Waals surface area contributed by atoms with Crippen molar-refractivity contribution in [3.8, 4) is 11.1 Å². The van der Waals surface area contributed by atoms with Crippen molar-refractivity contribution in [1.29, 1.82) is 0 Å². The number of carboxylic acids is 3. The average Bonchev–Trinajstić information content (AvgIpc) is 1.81. The molecule has 5 aromatic rings. The van der Waals surface area contributed by atoms with Gasteiger partial charge in [-0.3, -0.25) is 91.5 Å². The van der Waals surface area contributed by atoms with E-state index in [0.717, 1.165) is 0 Å². The number of H-pyrrole nitrogens is 2. The number of hydrogen-bond acceptors (Lipinski definition) is 21. The number of aryl methyl sites for hydroxylation is 1. The number of hydrogen-bond donors (Lipinski definition) is 17. The summed E-state index contributed by atoms with van der Waals surface area (Å²) >= 11 is 1.45. The summed E-state index contributed by atoms with van der Waals surface area (Å²) in [5.41, 5.74) is 15.4. The van der Waals surface area contributed by atoms with Gasteiger partial charge in [0.15, 0.2) is 0 Å². The Bertz CT molecular complexity index is 4110.